The molecule has 20 heavy (non-hydrogen) atoms. The third-order valence-corrected chi connectivity index (χ3v) is 4.51. The third-order valence-electron chi connectivity index (χ3n) is 4.51. The van der Waals surface area contributed by atoms with E-state index in [1.165, 1.54) is 6.42 Å². The molecule has 5 nitrogen and oxygen atoms in total. The number of nitrogens with two attached hydrogens (primary N) is 1. The summed E-state index contributed by atoms with van der Waals surface area (Å²) in [6, 6.07) is 0.207. The highest BCUT2D eigenvalue weighted by Crippen LogP contribution is 2.28. The molecule has 3 atom stereocenters. The highest BCUT2D eigenvalue weighted by Gasteiger charge is 2.27. The lowest BCUT2D eigenvalue weighted by molar-refractivity contribution is -0.127. The van der Waals surface area contributed by atoms with Gasteiger partial charge in [-0.15, -0.1) is 0 Å². The summed E-state index contributed by atoms with van der Waals surface area (Å²) >= 11 is 0. The van der Waals surface area contributed by atoms with Crippen molar-refractivity contribution in [2.75, 3.05) is 39.4 Å². The van der Waals surface area contributed by atoms with Crippen molar-refractivity contribution < 1.29 is 9.53 Å². The van der Waals surface area contributed by atoms with Gasteiger partial charge in [0.2, 0.25) is 5.91 Å². The van der Waals surface area contributed by atoms with Crippen molar-refractivity contribution in [3.05, 3.63) is 0 Å². The molecule has 5 heteroatoms. The predicted octanol–water partition coefficient (Wildman–Crippen LogP) is 0.588. The Morgan fingerprint density at radius 2 is 2.15 bits per heavy atom. The number of hydrogen-bond acceptors (Lipinski definition) is 4. The fourth-order valence-corrected chi connectivity index (χ4v) is 3.32. The number of ether oxygens (including phenoxy) is 1. The Kier molecular flexibility index (Phi) is 6.26. The van der Waals surface area contributed by atoms with Gasteiger partial charge in [0.1, 0.15) is 0 Å². The van der Waals surface area contributed by atoms with Gasteiger partial charge in [0.25, 0.3) is 0 Å². The molecule has 0 aromatic carbocycles. The van der Waals surface area contributed by atoms with E-state index < -0.39 is 0 Å². The zero-order chi connectivity index (χ0) is 14.4. The van der Waals surface area contributed by atoms with Crippen LogP contribution < -0.4 is 11.1 Å². The molecule has 0 bridgehead atoms. The van der Waals surface area contributed by atoms with E-state index in [1.54, 1.807) is 0 Å². The maximum absolute atomic E-state index is 12.3. The second-order valence-electron chi connectivity index (χ2n) is 6.29. The van der Waals surface area contributed by atoms with Gasteiger partial charge in [-0.1, -0.05) is 6.42 Å². The second-order valence-corrected chi connectivity index (χ2v) is 6.29. The molecule has 1 heterocycles. The summed E-state index contributed by atoms with van der Waals surface area (Å²) in [5.41, 5.74) is 5.74. The lowest BCUT2D eigenvalue weighted by Crippen LogP contribution is -2.47. The van der Waals surface area contributed by atoms with Crippen molar-refractivity contribution in [2.45, 2.75) is 38.6 Å². The number of amides is 1. The fraction of sp³-hybridized carbons (Fsp3) is 0.933. The molecular weight excluding hydrogens is 254 g/mol. The summed E-state index contributed by atoms with van der Waals surface area (Å²) in [6.07, 6.45) is 4.31. The van der Waals surface area contributed by atoms with Gasteiger partial charge in [0.05, 0.1) is 13.2 Å². The Morgan fingerprint density at radius 1 is 1.40 bits per heavy atom. The average Bonchev–Trinajstić information content (AvgIpc) is 2.48. The van der Waals surface area contributed by atoms with Crippen LogP contribution in [0.1, 0.15) is 32.6 Å². The Bertz CT molecular complexity index is 305. The molecule has 2 rings (SSSR count). The molecule has 0 spiro atoms. The molecule has 3 N–H and O–H groups in total. The second kappa shape index (κ2) is 7.96. The summed E-state index contributed by atoms with van der Waals surface area (Å²) in [6.45, 7) is 7.28. The van der Waals surface area contributed by atoms with Crippen LogP contribution in [-0.2, 0) is 9.53 Å². The number of carbonyl (C=O) groups excluding carboxylic acids is 1. The van der Waals surface area contributed by atoms with Crippen LogP contribution in [0, 0.1) is 11.8 Å². The molecule has 1 saturated carbocycles. The molecular formula is C15H29N3O2. The van der Waals surface area contributed by atoms with Gasteiger partial charge >= 0.3 is 0 Å². The normalized spacial score (nSPS) is 29.9. The van der Waals surface area contributed by atoms with E-state index in [1.807, 2.05) is 0 Å². The quantitative estimate of drug-likeness (QED) is 0.775. The predicted molar refractivity (Wildman–Crippen MR) is 79.4 cm³/mol. The van der Waals surface area contributed by atoms with Crippen LogP contribution in [0.3, 0.4) is 0 Å². The van der Waals surface area contributed by atoms with Crippen molar-refractivity contribution in [3.63, 3.8) is 0 Å². The Labute approximate surface area is 122 Å². The minimum atomic E-state index is 0.171. The zero-order valence-corrected chi connectivity index (χ0v) is 12.6. The summed E-state index contributed by atoms with van der Waals surface area (Å²) in [5, 5.41) is 3.18. The van der Waals surface area contributed by atoms with Gasteiger partial charge in [-0.3, -0.25) is 9.69 Å². The number of rotatable bonds is 5. The Balaban J connectivity index is 1.72. The first kappa shape index (κ1) is 15.7. The number of nitrogens with zero attached hydrogens (tertiary/aromatic N) is 1. The largest absolute Gasteiger partial charge is 0.379 e. The lowest BCUT2D eigenvalue weighted by Gasteiger charge is -2.31. The van der Waals surface area contributed by atoms with E-state index in [-0.39, 0.29) is 17.9 Å². The van der Waals surface area contributed by atoms with E-state index in [0.29, 0.717) is 12.5 Å². The average molecular weight is 283 g/mol. The van der Waals surface area contributed by atoms with Gasteiger partial charge in [-0.25, -0.2) is 0 Å². The summed E-state index contributed by atoms with van der Waals surface area (Å²) in [4.78, 5) is 14.7. The molecule has 1 aliphatic heterocycles. The van der Waals surface area contributed by atoms with Gasteiger partial charge < -0.3 is 15.8 Å². The molecule has 0 aromatic rings. The molecule has 1 saturated heterocycles. The SMILES string of the molecule is CC(CN1CCOCC1)NC(=O)C1CCCC(CN)C1. The Morgan fingerprint density at radius 3 is 2.85 bits per heavy atom. The van der Waals surface area contributed by atoms with Gasteiger partial charge in [0.15, 0.2) is 0 Å². The number of nitrogens with one attached hydrogen (secondary N) is 1. The van der Waals surface area contributed by atoms with Gasteiger partial charge in [-0.2, -0.15) is 0 Å². The van der Waals surface area contributed by atoms with Crippen LogP contribution in [0.4, 0.5) is 0 Å². The molecule has 1 amide bonds. The summed E-state index contributed by atoms with van der Waals surface area (Å²) < 4.78 is 5.34. The minimum Gasteiger partial charge on any atom is -0.379 e. The van der Waals surface area contributed by atoms with E-state index >= 15 is 0 Å². The number of morpholine rings is 1. The summed E-state index contributed by atoms with van der Waals surface area (Å²) in [5.74, 6) is 0.933. The van der Waals surface area contributed by atoms with Crippen molar-refractivity contribution in [2.24, 2.45) is 17.6 Å². The van der Waals surface area contributed by atoms with Crippen LogP contribution >= 0.6 is 0 Å². The molecule has 2 fully saturated rings. The smallest absolute Gasteiger partial charge is 0.223 e. The molecule has 116 valence electrons. The standard InChI is InChI=1S/C15H29N3O2/c1-12(11-18-5-7-20-8-6-18)17-15(19)14-4-2-3-13(9-14)10-16/h12-14H,2-11,16H2,1H3,(H,17,19). The maximum atomic E-state index is 12.3. The maximum Gasteiger partial charge on any atom is 0.223 e. The fourth-order valence-electron chi connectivity index (χ4n) is 3.32. The topological polar surface area (TPSA) is 67.6 Å². The van der Waals surface area contributed by atoms with Crippen LogP contribution in [0.25, 0.3) is 0 Å². The molecule has 0 aromatic heterocycles. The van der Waals surface area contributed by atoms with Gasteiger partial charge in [-0.05, 0) is 38.6 Å². The first-order valence-corrected chi connectivity index (χ1v) is 7.99. The molecule has 3 unspecified atom stereocenters. The highest BCUT2D eigenvalue weighted by atomic mass is 16.5. The van der Waals surface area contributed by atoms with E-state index in [4.69, 9.17) is 10.5 Å². The number of hydrogen-bond donors (Lipinski definition) is 2. The summed E-state index contributed by atoms with van der Waals surface area (Å²) in [7, 11) is 0. The van der Waals surface area contributed by atoms with Crippen molar-refractivity contribution in [1.82, 2.24) is 10.2 Å². The lowest BCUT2D eigenvalue weighted by atomic mass is 9.81. The van der Waals surface area contributed by atoms with Crippen molar-refractivity contribution >= 4 is 5.91 Å². The molecule has 2 aliphatic rings. The van der Waals surface area contributed by atoms with Crippen molar-refractivity contribution in [3.8, 4) is 0 Å². The van der Waals surface area contributed by atoms with Crippen molar-refractivity contribution in [1.29, 1.82) is 0 Å². The highest BCUT2D eigenvalue weighted by molar-refractivity contribution is 5.79. The minimum absolute atomic E-state index is 0.171. The van der Waals surface area contributed by atoms with E-state index in [0.717, 1.165) is 52.1 Å². The first-order valence-electron chi connectivity index (χ1n) is 7.99. The van der Waals surface area contributed by atoms with Crippen LogP contribution in [0.5, 0.6) is 0 Å². The Hall–Kier alpha value is -0.650. The first-order chi connectivity index (χ1) is 9.69. The number of carbonyl (C=O) groups is 1. The molecule has 0 radical (unpaired) electrons. The van der Waals surface area contributed by atoms with Crippen LogP contribution in [0.15, 0.2) is 0 Å². The third kappa shape index (κ3) is 4.72. The van der Waals surface area contributed by atoms with Crippen LogP contribution in [-0.4, -0.2) is 56.2 Å². The van der Waals surface area contributed by atoms with Crippen LogP contribution in [0.2, 0.25) is 0 Å². The zero-order valence-electron chi connectivity index (χ0n) is 12.6. The molecule has 1 aliphatic carbocycles. The van der Waals surface area contributed by atoms with E-state index in [9.17, 15) is 4.79 Å². The van der Waals surface area contributed by atoms with Gasteiger partial charge in [0, 0.05) is 31.6 Å². The van der Waals surface area contributed by atoms with E-state index in [2.05, 4.69) is 17.1 Å². The monoisotopic (exact) mass is 283 g/mol.